The Labute approximate surface area is 195 Å². The molecular formula is C25H33N3O3S. The van der Waals surface area contributed by atoms with Gasteiger partial charge in [-0.1, -0.05) is 12.1 Å². The summed E-state index contributed by atoms with van der Waals surface area (Å²) in [5.41, 5.74) is 1.04. The molecule has 1 aliphatic heterocycles. The lowest BCUT2D eigenvalue weighted by molar-refractivity contribution is -0.147. The SMILES string of the molecule is COC(=O)c1ccccc1NC(=S)N1CCC(NC(=O)C23CC4CC(CC(C4)C2)C3)CC1. The van der Waals surface area contributed by atoms with E-state index in [9.17, 15) is 9.59 Å². The average Bonchev–Trinajstić information content (AvgIpc) is 2.78. The van der Waals surface area contributed by atoms with Crippen LogP contribution in [-0.2, 0) is 9.53 Å². The molecule has 32 heavy (non-hydrogen) atoms. The molecule has 6 nitrogen and oxygen atoms in total. The summed E-state index contributed by atoms with van der Waals surface area (Å²) in [5.74, 6) is 2.28. The van der Waals surface area contributed by atoms with Gasteiger partial charge in [-0.05, 0) is 93.5 Å². The Bertz CT molecular complexity index is 874. The van der Waals surface area contributed by atoms with E-state index >= 15 is 0 Å². The summed E-state index contributed by atoms with van der Waals surface area (Å²) in [6, 6.07) is 7.44. The number of methoxy groups -OCH3 is 1. The molecule has 5 aliphatic rings. The van der Waals surface area contributed by atoms with Crippen LogP contribution in [0.2, 0.25) is 0 Å². The Morgan fingerprint density at radius 3 is 2.22 bits per heavy atom. The second-order valence-electron chi connectivity index (χ2n) is 10.4. The highest BCUT2D eigenvalue weighted by atomic mass is 32.1. The second-order valence-corrected chi connectivity index (χ2v) is 10.8. The minimum absolute atomic E-state index is 0.0830. The number of carbonyl (C=O) groups excluding carboxylic acids is 2. The number of amides is 1. The van der Waals surface area contributed by atoms with Crippen molar-refractivity contribution < 1.29 is 14.3 Å². The zero-order valence-electron chi connectivity index (χ0n) is 18.8. The second kappa shape index (κ2) is 8.65. The Morgan fingerprint density at radius 1 is 1.03 bits per heavy atom. The Kier molecular flexibility index (Phi) is 5.86. The van der Waals surface area contributed by atoms with E-state index < -0.39 is 0 Å². The van der Waals surface area contributed by atoms with Gasteiger partial charge in [0.2, 0.25) is 5.91 Å². The molecule has 0 radical (unpaired) electrons. The predicted octanol–water partition coefficient (Wildman–Crippen LogP) is 3.97. The number of hydrogen-bond acceptors (Lipinski definition) is 4. The molecule has 1 heterocycles. The van der Waals surface area contributed by atoms with E-state index in [4.69, 9.17) is 17.0 Å². The van der Waals surface area contributed by atoms with E-state index in [1.54, 1.807) is 12.1 Å². The largest absolute Gasteiger partial charge is 0.465 e. The normalized spacial score (nSPS) is 31.3. The number of rotatable bonds is 4. The van der Waals surface area contributed by atoms with Gasteiger partial charge in [-0.3, -0.25) is 4.79 Å². The van der Waals surface area contributed by atoms with E-state index in [1.165, 1.54) is 26.4 Å². The van der Waals surface area contributed by atoms with Crippen molar-refractivity contribution in [2.75, 3.05) is 25.5 Å². The van der Waals surface area contributed by atoms with Crippen LogP contribution in [0.15, 0.2) is 24.3 Å². The van der Waals surface area contributed by atoms with Gasteiger partial charge in [-0.25, -0.2) is 4.79 Å². The number of piperidine rings is 1. The smallest absolute Gasteiger partial charge is 0.339 e. The number of nitrogens with one attached hydrogen (secondary N) is 2. The van der Waals surface area contributed by atoms with Crippen LogP contribution in [0.4, 0.5) is 5.69 Å². The van der Waals surface area contributed by atoms with Crippen LogP contribution in [0.3, 0.4) is 0 Å². The molecule has 7 heteroatoms. The number of nitrogens with zero attached hydrogens (tertiary/aromatic N) is 1. The molecule has 4 bridgehead atoms. The summed E-state index contributed by atoms with van der Waals surface area (Å²) in [5, 5.41) is 7.24. The van der Waals surface area contributed by atoms with E-state index in [0.29, 0.717) is 22.3 Å². The summed E-state index contributed by atoms with van der Waals surface area (Å²) >= 11 is 5.62. The number of hydrogen-bond donors (Lipinski definition) is 2. The predicted molar refractivity (Wildman–Crippen MR) is 127 cm³/mol. The van der Waals surface area contributed by atoms with Gasteiger partial charge >= 0.3 is 5.97 Å². The molecular weight excluding hydrogens is 422 g/mol. The van der Waals surface area contributed by atoms with E-state index in [2.05, 4.69) is 15.5 Å². The molecule has 4 saturated carbocycles. The molecule has 2 N–H and O–H groups in total. The molecule has 1 amide bonds. The molecule has 0 aromatic heterocycles. The van der Waals surface area contributed by atoms with Gasteiger partial charge in [0.05, 0.1) is 18.4 Å². The van der Waals surface area contributed by atoms with Gasteiger partial charge in [-0.15, -0.1) is 0 Å². The number of benzene rings is 1. The fourth-order valence-electron chi connectivity index (χ4n) is 7.03. The first-order chi connectivity index (χ1) is 15.5. The molecule has 6 rings (SSSR count). The van der Waals surface area contributed by atoms with E-state index in [1.807, 2.05) is 12.1 Å². The topological polar surface area (TPSA) is 70.7 Å². The van der Waals surface area contributed by atoms with Crippen LogP contribution in [0.5, 0.6) is 0 Å². The number of para-hydroxylation sites is 1. The monoisotopic (exact) mass is 455 g/mol. The summed E-state index contributed by atoms with van der Waals surface area (Å²) in [4.78, 5) is 27.5. The minimum atomic E-state index is -0.387. The number of esters is 1. The highest BCUT2D eigenvalue weighted by molar-refractivity contribution is 7.80. The zero-order chi connectivity index (χ0) is 22.3. The molecule has 0 atom stereocenters. The van der Waals surface area contributed by atoms with E-state index in [-0.39, 0.29) is 17.4 Å². The molecule has 172 valence electrons. The molecule has 1 aromatic carbocycles. The average molecular weight is 456 g/mol. The molecule has 5 fully saturated rings. The lowest BCUT2D eigenvalue weighted by Crippen LogP contribution is -2.56. The van der Waals surface area contributed by atoms with Crippen LogP contribution in [0.25, 0.3) is 0 Å². The third-order valence-electron chi connectivity index (χ3n) is 8.21. The third kappa shape index (κ3) is 4.12. The Morgan fingerprint density at radius 2 is 1.62 bits per heavy atom. The van der Waals surface area contributed by atoms with Gasteiger partial charge in [0.15, 0.2) is 5.11 Å². The molecule has 0 spiro atoms. The van der Waals surface area contributed by atoms with Crippen LogP contribution in [0.1, 0.15) is 61.7 Å². The van der Waals surface area contributed by atoms with Crippen LogP contribution in [-0.4, -0.2) is 48.1 Å². The molecule has 4 aliphatic carbocycles. The van der Waals surface area contributed by atoms with Crippen LogP contribution >= 0.6 is 12.2 Å². The Balaban J connectivity index is 1.14. The van der Waals surface area contributed by atoms with E-state index in [0.717, 1.165) is 62.9 Å². The standard InChI is InChI=1S/C25H33N3O3S/c1-31-22(29)20-4-2-3-5-21(20)27-24(32)28-8-6-19(7-9-28)26-23(30)25-13-16-10-17(14-25)12-18(11-16)15-25/h2-5,16-19H,6-15H2,1H3,(H,26,30)(H,27,32). The number of likely N-dealkylation sites (tertiary alicyclic amines) is 1. The third-order valence-corrected chi connectivity index (χ3v) is 8.57. The van der Waals surface area contributed by atoms with Crippen molar-refractivity contribution in [2.24, 2.45) is 23.2 Å². The van der Waals surface area contributed by atoms with Crippen molar-refractivity contribution in [3.8, 4) is 0 Å². The molecule has 1 saturated heterocycles. The fourth-order valence-corrected chi connectivity index (χ4v) is 7.32. The Hall–Kier alpha value is -2.15. The van der Waals surface area contributed by atoms with Crippen molar-refractivity contribution in [3.05, 3.63) is 29.8 Å². The van der Waals surface area contributed by atoms with Gasteiger partial charge in [0, 0.05) is 24.5 Å². The van der Waals surface area contributed by atoms with Crippen molar-refractivity contribution in [1.29, 1.82) is 0 Å². The number of ether oxygens (including phenoxy) is 1. The summed E-state index contributed by atoms with van der Waals surface area (Å²) < 4.78 is 4.87. The quantitative estimate of drug-likeness (QED) is 0.529. The van der Waals surface area contributed by atoms with Crippen molar-refractivity contribution in [1.82, 2.24) is 10.2 Å². The zero-order valence-corrected chi connectivity index (χ0v) is 19.6. The van der Waals surface area contributed by atoms with Gasteiger partial charge in [0.1, 0.15) is 0 Å². The van der Waals surface area contributed by atoms with Crippen LogP contribution < -0.4 is 10.6 Å². The van der Waals surface area contributed by atoms with Crippen LogP contribution in [0, 0.1) is 23.2 Å². The maximum absolute atomic E-state index is 13.3. The van der Waals surface area contributed by atoms with Gasteiger partial charge in [0.25, 0.3) is 0 Å². The number of carbonyl (C=O) groups is 2. The first kappa shape index (κ1) is 21.7. The van der Waals surface area contributed by atoms with Crippen molar-refractivity contribution in [2.45, 2.75) is 57.4 Å². The number of thiocarbonyl (C=S) groups is 1. The number of anilines is 1. The summed E-state index contributed by atoms with van der Waals surface area (Å²) in [6.07, 6.45) is 9.17. The first-order valence-corrected chi connectivity index (χ1v) is 12.4. The highest BCUT2D eigenvalue weighted by Gasteiger charge is 2.54. The van der Waals surface area contributed by atoms with Gasteiger partial charge < -0.3 is 20.3 Å². The summed E-state index contributed by atoms with van der Waals surface area (Å²) in [6.45, 7) is 1.58. The highest BCUT2D eigenvalue weighted by Crippen LogP contribution is 2.60. The maximum atomic E-state index is 13.3. The van der Waals surface area contributed by atoms with Gasteiger partial charge in [-0.2, -0.15) is 0 Å². The van der Waals surface area contributed by atoms with Crippen molar-refractivity contribution >= 4 is 34.9 Å². The minimum Gasteiger partial charge on any atom is -0.465 e. The summed E-state index contributed by atoms with van der Waals surface area (Å²) in [7, 11) is 1.37. The molecule has 0 unspecified atom stereocenters. The first-order valence-electron chi connectivity index (χ1n) is 12.0. The molecule has 1 aromatic rings. The lowest BCUT2D eigenvalue weighted by atomic mass is 9.49. The maximum Gasteiger partial charge on any atom is 0.339 e. The fraction of sp³-hybridized carbons (Fsp3) is 0.640. The van der Waals surface area contributed by atoms with Crippen molar-refractivity contribution in [3.63, 3.8) is 0 Å². The lowest BCUT2D eigenvalue weighted by Gasteiger charge is -2.56.